The molecule has 1 atom stereocenters. The van der Waals surface area contributed by atoms with Crippen LogP contribution in [0, 0.1) is 6.92 Å². The number of nitrogens with one attached hydrogen (secondary N) is 1. The molecule has 1 amide bonds. The number of carbonyl (C=O) groups excluding carboxylic acids is 1. The first kappa shape index (κ1) is 16.0. The van der Waals surface area contributed by atoms with Gasteiger partial charge in [0, 0.05) is 18.5 Å². The van der Waals surface area contributed by atoms with Gasteiger partial charge in [-0.05, 0) is 31.4 Å². The van der Waals surface area contributed by atoms with Gasteiger partial charge >= 0.3 is 0 Å². The molecule has 1 aromatic heterocycles. The Labute approximate surface area is 139 Å². The maximum absolute atomic E-state index is 12.1. The van der Waals surface area contributed by atoms with Gasteiger partial charge in [-0.25, -0.2) is 4.98 Å². The zero-order chi connectivity index (χ0) is 16.1. The highest BCUT2D eigenvalue weighted by Crippen LogP contribution is 2.19. The monoisotopic (exact) mass is 332 g/mol. The van der Waals surface area contributed by atoms with Crippen LogP contribution in [0.5, 0.6) is 5.75 Å². The first-order chi connectivity index (χ1) is 11.2. The summed E-state index contributed by atoms with van der Waals surface area (Å²) in [6, 6.07) is 7.84. The number of rotatable bonds is 6. The molecule has 1 unspecified atom stereocenters. The number of para-hydroxylation sites is 1. The lowest BCUT2D eigenvalue weighted by Crippen LogP contribution is -2.31. The third-order valence-corrected chi connectivity index (χ3v) is 4.57. The molecule has 1 aliphatic heterocycles. The second-order valence-corrected chi connectivity index (χ2v) is 6.47. The highest BCUT2D eigenvalue weighted by atomic mass is 32.1. The lowest BCUT2D eigenvalue weighted by Gasteiger charge is -2.09. The normalized spacial score (nSPS) is 17.2. The van der Waals surface area contributed by atoms with Gasteiger partial charge in [-0.1, -0.05) is 18.2 Å². The summed E-state index contributed by atoms with van der Waals surface area (Å²) in [5, 5.41) is 5.43. The number of hydrogen-bond acceptors (Lipinski definition) is 5. The van der Waals surface area contributed by atoms with E-state index in [2.05, 4.69) is 10.3 Å². The molecule has 2 aromatic rings. The highest BCUT2D eigenvalue weighted by Gasteiger charge is 2.18. The summed E-state index contributed by atoms with van der Waals surface area (Å²) in [6.07, 6.45) is 2.21. The van der Waals surface area contributed by atoms with Crippen LogP contribution >= 0.6 is 11.3 Å². The van der Waals surface area contributed by atoms with E-state index < -0.39 is 0 Å². The third kappa shape index (κ3) is 4.30. The highest BCUT2D eigenvalue weighted by molar-refractivity contribution is 7.09. The third-order valence-electron chi connectivity index (χ3n) is 3.74. The van der Waals surface area contributed by atoms with Crippen LogP contribution in [0.4, 0.5) is 0 Å². The Balaban J connectivity index is 1.51. The predicted octanol–water partition coefficient (Wildman–Crippen LogP) is 2.94. The van der Waals surface area contributed by atoms with Crippen LogP contribution in [0.2, 0.25) is 0 Å². The minimum atomic E-state index is -0.154. The SMILES string of the molecule is Cc1ccccc1OCc1nc(C(=O)NCC2CCCO2)cs1. The lowest BCUT2D eigenvalue weighted by molar-refractivity contribution is 0.0854. The Kier molecular flexibility index (Phi) is 5.25. The van der Waals surface area contributed by atoms with Crippen LogP contribution < -0.4 is 10.1 Å². The van der Waals surface area contributed by atoms with Gasteiger partial charge in [0.1, 0.15) is 23.1 Å². The van der Waals surface area contributed by atoms with Gasteiger partial charge in [0.25, 0.3) is 5.91 Å². The molecule has 122 valence electrons. The van der Waals surface area contributed by atoms with E-state index in [4.69, 9.17) is 9.47 Å². The molecule has 23 heavy (non-hydrogen) atoms. The van der Waals surface area contributed by atoms with Gasteiger partial charge in [-0.15, -0.1) is 11.3 Å². The smallest absolute Gasteiger partial charge is 0.270 e. The van der Waals surface area contributed by atoms with E-state index in [0.717, 1.165) is 35.8 Å². The van der Waals surface area contributed by atoms with Crippen LogP contribution in [0.1, 0.15) is 33.9 Å². The number of aromatic nitrogens is 1. The summed E-state index contributed by atoms with van der Waals surface area (Å²) in [5.41, 5.74) is 1.52. The van der Waals surface area contributed by atoms with Crippen molar-refractivity contribution in [1.82, 2.24) is 10.3 Å². The average molecular weight is 332 g/mol. The zero-order valence-corrected chi connectivity index (χ0v) is 13.9. The van der Waals surface area contributed by atoms with Crippen molar-refractivity contribution >= 4 is 17.2 Å². The molecule has 1 saturated heterocycles. The summed E-state index contributed by atoms with van der Waals surface area (Å²) < 4.78 is 11.2. The maximum Gasteiger partial charge on any atom is 0.270 e. The second-order valence-electron chi connectivity index (χ2n) is 5.53. The van der Waals surface area contributed by atoms with Gasteiger partial charge in [-0.3, -0.25) is 4.79 Å². The van der Waals surface area contributed by atoms with Crippen LogP contribution in [0.25, 0.3) is 0 Å². The Morgan fingerprint density at radius 2 is 2.35 bits per heavy atom. The Morgan fingerprint density at radius 1 is 1.48 bits per heavy atom. The van der Waals surface area contributed by atoms with Crippen molar-refractivity contribution in [2.45, 2.75) is 32.5 Å². The molecular weight excluding hydrogens is 312 g/mol. The molecule has 5 nitrogen and oxygen atoms in total. The average Bonchev–Trinajstić information content (AvgIpc) is 3.23. The molecule has 0 bridgehead atoms. The lowest BCUT2D eigenvalue weighted by atomic mass is 10.2. The molecule has 0 radical (unpaired) electrons. The fraction of sp³-hybridized carbons (Fsp3) is 0.412. The maximum atomic E-state index is 12.1. The number of benzene rings is 1. The first-order valence-corrected chi connectivity index (χ1v) is 8.63. The van der Waals surface area contributed by atoms with E-state index in [0.29, 0.717) is 18.8 Å². The molecule has 3 rings (SSSR count). The number of nitrogens with zero attached hydrogens (tertiary/aromatic N) is 1. The standard InChI is InChI=1S/C17H20N2O3S/c1-12-5-2-3-7-15(12)22-10-16-19-14(11-23-16)17(20)18-9-13-6-4-8-21-13/h2-3,5,7,11,13H,4,6,8-10H2,1H3,(H,18,20). The minimum Gasteiger partial charge on any atom is -0.486 e. The molecular formula is C17H20N2O3S. The van der Waals surface area contributed by atoms with E-state index >= 15 is 0 Å². The molecule has 0 aliphatic carbocycles. The van der Waals surface area contributed by atoms with Gasteiger partial charge in [0.15, 0.2) is 0 Å². The van der Waals surface area contributed by atoms with Crippen molar-refractivity contribution in [2.75, 3.05) is 13.2 Å². The van der Waals surface area contributed by atoms with Crippen molar-refractivity contribution < 1.29 is 14.3 Å². The van der Waals surface area contributed by atoms with Crippen molar-refractivity contribution in [1.29, 1.82) is 0 Å². The molecule has 1 aliphatic rings. The number of ether oxygens (including phenoxy) is 2. The van der Waals surface area contributed by atoms with E-state index in [-0.39, 0.29) is 12.0 Å². The van der Waals surface area contributed by atoms with Crippen LogP contribution in [-0.4, -0.2) is 30.1 Å². The van der Waals surface area contributed by atoms with E-state index in [1.807, 2.05) is 31.2 Å². The molecule has 0 spiro atoms. The van der Waals surface area contributed by atoms with Gasteiger partial charge in [0.2, 0.25) is 0 Å². The minimum absolute atomic E-state index is 0.140. The number of hydrogen-bond donors (Lipinski definition) is 1. The van der Waals surface area contributed by atoms with Crippen molar-refractivity contribution in [2.24, 2.45) is 0 Å². The van der Waals surface area contributed by atoms with Gasteiger partial charge in [-0.2, -0.15) is 0 Å². The van der Waals surface area contributed by atoms with E-state index in [1.165, 1.54) is 11.3 Å². The van der Waals surface area contributed by atoms with Crippen molar-refractivity contribution in [3.05, 3.63) is 45.9 Å². The summed E-state index contributed by atoms with van der Waals surface area (Å²) in [6.45, 7) is 3.71. The van der Waals surface area contributed by atoms with Gasteiger partial charge < -0.3 is 14.8 Å². The molecule has 0 saturated carbocycles. The number of amides is 1. The number of aryl methyl sites for hydroxylation is 1. The zero-order valence-electron chi connectivity index (χ0n) is 13.1. The molecule has 6 heteroatoms. The molecule has 1 N–H and O–H groups in total. The van der Waals surface area contributed by atoms with Crippen molar-refractivity contribution in [3.8, 4) is 5.75 Å². The second kappa shape index (κ2) is 7.57. The number of thiazole rings is 1. The van der Waals surface area contributed by atoms with Crippen molar-refractivity contribution in [3.63, 3.8) is 0 Å². The fourth-order valence-electron chi connectivity index (χ4n) is 2.44. The van der Waals surface area contributed by atoms with E-state index in [1.54, 1.807) is 5.38 Å². The summed E-state index contributed by atoms with van der Waals surface area (Å²) >= 11 is 1.43. The summed E-state index contributed by atoms with van der Waals surface area (Å²) in [4.78, 5) is 16.4. The van der Waals surface area contributed by atoms with Gasteiger partial charge in [0.05, 0.1) is 6.10 Å². The largest absolute Gasteiger partial charge is 0.486 e. The first-order valence-electron chi connectivity index (χ1n) is 7.75. The van der Waals surface area contributed by atoms with E-state index in [9.17, 15) is 4.79 Å². The van der Waals surface area contributed by atoms with Crippen LogP contribution in [0.3, 0.4) is 0 Å². The van der Waals surface area contributed by atoms with Crippen LogP contribution in [0.15, 0.2) is 29.6 Å². The van der Waals surface area contributed by atoms with Crippen LogP contribution in [-0.2, 0) is 11.3 Å². The summed E-state index contributed by atoms with van der Waals surface area (Å²) in [7, 11) is 0. The Hall–Kier alpha value is -1.92. The fourth-order valence-corrected chi connectivity index (χ4v) is 3.13. The Bertz CT molecular complexity index is 665. The topological polar surface area (TPSA) is 60.5 Å². The molecule has 1 fully saturated rings. The molecule has 1 aromatic carbocycles. The Morgan fingerprint density at radius 3 is 3.13 bits per heavy atom. The quantitative estimate of drug-likeness (QED) is 0.883. The predicted molar refractivity (Wildman–Crippen MR) is 88.9 cm³/mol. The molecule has 2 heterocycles. The summed E-state index contributed by atoms with van der Waals surface area (Å²) in [5.74, 6) is 0.686. The number of carbonyl (C=O) groups is 1.